The van der Waals surface area contributed by atoms with E-state index in [4.69, 9.17) is 9.47 Å². The Labute approximate surface area is 500 Å². The van der Waals surface area contributed by atoms with Gasteiger partial charge in [0.05, 0.1) is 25.4 Å². The van der Waals surface area contributed by atoms with Crippen molar-refractivity contribution in [2.24, 2.45) is 0 Å². The number of aliphatic hydroxyl groups excluding tert-OH is 4. The molecule has 0 aromatic rings. The lowest BCUT2D eigenvalue weighted by atomic mass is 9.99. The zero-order chi connectivity index (χ0) is 59.0. The van der Waals surface area contributed by atoms with Crippen LogP contribution in [-0.4, -0.2) is 95.4 Å². The lowest BCUT2D eigenvalue weighted by molar-refractivity contribution is -0.298. The van der Waals surface area contributed by atoms with Crippen LogP contribution in [0.3, 0.4) is 0 Å². The summed E-state index contributed by atoms with van der Waals surface area (Å²) in [5.74, 6) is -0.253. The third-order valence-electron chi connectivity index (χ3n) is 17.1. The first-order chi connectivity index (χ1) is 39.5. The van der Waals surface area contributed by atoms with Gasteiger partial charge in [-0.2, -0.15) is 8.42 Å². The molecule has 7 atom stereocenters. The van der Waals surface area contributed by atoms with Gasteiger partial charge in [0.1, 0.15) is 24.4 Å². The highest BCUT2D eigenvalue weighted by atomic mass is 32.3. The van der Waals surface area contributed by atoms with E-state index >= 15 is 0 Å². The summed E-state index contributed by atoms with van der Waals surface area (Å²) in [5, 5.41) is 45.2. The predicted molar refractivity (Wildman–Crippen MR) is 338 cm³/mol. The topological polar surface area (TPSA) is 192 Å². The molecule has 7 unspecified atom stereocenters. The summed E-state index contributed by atoms with van der Waals surface area (Å²) in [6.45, 7) is 3.47. The maximum atomic E-state index is 13.2. The van der Waals surface area contributed by atoms with Crippen LogP contribution in [0.4, 0.5) is 0 Å². The molecule has 1 saturated heterocycles. The molecule has 1 fully saturated rings. The third kappa shape index (κ3) is 49.6. The average molecular weight is 1170 g/mol. The van der Waals surface area contributed by atoms with E-state index in [2.05, 4.69) is 23.3 Å². The first-order valence-electron chi connectivity index (χ1n) is 35.1. The number of hydrogen-bond acceptors (Lipinski definition) is 10. The van der Waals surface area contributed by atoms with Crippen molar-refractivity contribution >= 4 is 16.3 Å². The molecule has 0 aromatic heterocycles. The third-order valence-corrected chi connectivity index (χ3v) is 17.5. The van der Waals surface area contributed by atoms with Crippen LogP contribution < -0.4 is 5.32 Å². The zero-order valence-corrected chi connectivity index (χ0v) is 53.7. The number of nitrogens with one attached hydrogen (secondary N) is 1. The molecular formula is C68H133NO11S. The van der Waals surface area contributed by atoms with Gasteiger partial charge in [-0.1, -0.05) is 347 Å². The van der Waals surface area contributed by atoms with Crippen molar-refractivity contribution in [3.63, 3.8) is 0 Å². The van der Waals surface area contributed by atoms with Gasteiger partial charge in [0.2, 0.25) is 5.91 Å². The number of ether oxygens (including phenoxy) is 2. The number of hydrogen-bond donors (Lipinski definition) is 6. The van der Waals surface area contributed by atoms with Gasteiger partial charge >= 0.3 is 10.4 Å². The fourth-order valence-corrected chi connectivity index (χ4v) is 12.2. The molecule has 1 heterocycles. The van der Waals surface area contributed by atoms with Crippen molar-refractivity contribution in [1.29, 1.82) is 0 Å². The van der Waals surface area contributed by atoms with Crippen molar-refractivity contribution in [1.82, 2.24) is 5.32 Å². The van der Waals surface area contributed by atoms with E-state index in [9.17, 15) is 38.2 Å². The molecule has 0 spiro atoms. The molecule has 12 nitrogen and oxygen atoms in total. The van der Waals surface area contributed by atoms with E-state index in [0.29, 0.717) is 6.42 Å². The number of amides is 1. The Morgan fingerprint density at radius 2 is 0.778 bits per heavy atom. The Kier molecular flexibility index (Phi) is 55.6. The molecular weight excluding hydrogens is 1040 g/mol. The summed E-state index contributed by atoms with van der Waals surface area (Å²) in [6.07, 6.45) is 64.3. The number of rotatable bonds is 63. The van der Waals surface area contributed by atoms with Gasteiger partial charge in [-0.15, -0.1) is 0 Å². The minimum atomic E-state index is -5.09. The Morgan fingerprint density at radius 1 is 0.481 bits per heavy atom. The molecule has 1 aliphatic rings. The summed E-state index contributed by atoms with van der Waals surface area (Å²) in [7, 11) is -5.09. The minimum absolute atomic E-state index is 0.253. The number of carbonyl (C=O) groups is 1. The van der Waals surface area contributed by atoms with Crippen LogP contribution in [0.5, 0.6) is 0 Å². The van der Waals surface area contributed by atoms with Crippen LogP contribution in [0.1, 0.15) is 361 Å². The molecule has 482 valence electrons. The Bertz CT molecular complexity index is 1470. The highest BCUT2D eigenvalue weighted by molar-refractivity contribution is 7.80. The molecule has 1 rings (SSSR count). The summed E-state index contributed by atoms with van der Waals surface area (Å²) in [6, 6.07) is -0.942. The quantitative estimate of drug-likeness (QED) is 0.0193. The van der Waals surface area contributed by atoms with Crippen LogP contribution in [0, 0.1) is 0 Å². The molecule has 0 aliphatic carbocycles. The Morgan fingerprint density at radius 3 is 1.07 bits per heavy atom. The molecule has 0 radical (unpaired) electrons. The van der Waals surface area contributed by atoms with Gasteiger partial charge in [0.15, 0.2) is 6.29 Å². The van der Waals surface area contributed by atoms with Gasteiger partial charge in [0.25, 0.3) is 0 Å². The molecule has 81 heavy (non-hydrogen) atoms. The van der Waals surface area contributed by atoms with Gasteiger partial charge in [-0.25, -0.2) is 4.18 Å². The van der Waals surface area contributed by atoms with E-state index in [1.807, 2.05) is 6.08 Å². The minimum Gasteiger partial charge on any atom is -0.394 e. The van der Waals surface area contributed by atoms with Crippen LogP contribution in [0.25, 0.3) is 0 Å². The summed E-state index contributed by atoms with van der Waals surface area (Å²) < 4.78 is 48.1. The second-order valence-corrected chi connectivity index (χ2v) is 25.9. The van der Waals surface area contributed by atoms with E-state index in [0.717, 1.165) is 38.5 Å². The van der Waals surface area contributed by atoms with Crippen molar-refractivity contribution in [3.8, 4) is 0 Å². The fourth-order valence-electron chi connectivity index (χ4n) is 11.7. The van der Waals surface area contributed by atoms with Crippen molar-refractivity contribution in [2.45, 2.75) is 403 Å². The maximum absolute atomic E-state index is 13.2. The lowest BCUT2D eigenvalue weighted by Crippen LogP contribution is -2.61. The van der Waals surface area contributed by atoms with Crippen LogP contribution in [-0.2, 0) is 28.9 Å². The smallest absolute Gasteiger partial charge is 0.394 e. The van der Waals surface area contributed by atoms with E-state index in [1.54, 1.807) is 6.08 Å². The molecule has 0 saturated carbocycles. The molecule has 1 amide bonds. The van der Waals surface area contributed by atoms with Crippen molar-refractivity contribution in [2.75, 3.05) is 13.2 Å². The van der Waals surface area contributed by atoms with E-state index in [-0.39, 0.29) is 18.9 Å². The number of allylic oxidation sites excluding steroid dienone is 1. The zero-order valence-electron chi connectivity index (χ0n) is 52.9. The molecule has 0 aromatic carbocycles. The summed E-state index contributed by atoms with van der Waals surface area (Å²) >= 11 is 0. The normalized spacial score (nSPS) is 18.5. The van der Waals surface area contributed by atoms with E-state index < -0.39 is 59.9 Å². The van der Waals surface area contributed by atoms with Gasteiger partial charge in [0, 0.05) is 6.42 Å². The highest BCUT2D eigenvalue weighted by Crippen LogP contribution is 2.26. The fraction of sp³-hybridized carbons (Fsp3) is 0.956. The van der Waals surface area contributed by atoms with Crippen LogP contribution in [0.2, 0.25) is 0 Å². The second kappa shape index (κ2) is 57.9. The van der Waals surface area contributed by atoms with Gasteiger partial charge < -0.3 is 35.2 Å². The molecule has 6 N–H and O–H groups in total. The second-order valence-electron chi connectivity index (χ2n) is 24.8. The van der Waals surface area contributed by atoms with Crippen molar-refractivity contribution in [3.05, 3.63) is 12.2 Å². The van der Waals surface area contributed by atoms with Crippen molar-refractivity contribution < 1.29 is 51.8 Å². The average Bonchev–Trinajstić information content (AvgIpc) is 3.51. The molecule has 1 aliphatic heterocycles. The van der Waals surface area contributed by atoms with Crippen LogP contribution in [0.15, 0.2) is 12.2 Å². The number of carbonyl (C=O) groups excluding carboxylic acids is 1. The molecule has 0 bridgehead atoms. The highest BCUT2D eigenvalue weighted by Gasteiger charge is 2.48. The van der Waals surface area contributed by atoms with Gasteiger partial charge in [-0.05, 0) is 19.3 Å². The maximum Gasteiger partial charge on any atom is 0.397 e. The number of unbranched alkanes of at least 4 members (excludes halogenated alkanes) is 51. The Balaban J connectivity index is 2.25. The lowest BCUT2D eigenvalue weighted by Gasteiger charge is -2.41. The first kappa shape index (κ1) is 77.9. The first-order valence-corrected chi connectivity index (χ1v) is 36.4. The Hall–Kier alpha value is -1.16. The summed E-state index contributed by atoms with van der Waals surface area (Å²) in [5.41, 5.74) is 0. The predicted octanol–water partition coefficient (Wildman–Crippen LogP) is 18.1. The summed E-state index contributed by atoms with van der Waals surface area (Å²) in [4.78, 5) is 13.2. The standard InChI is InChI=1S/C68H133NO11S/c1-3-5-7-9-11-13-15-17-19-21-23-25-27-29-30-31-32-34-36-38-40-42-44-46-48-50-52-54-56-58-64(72)69-61(60-78-68-66(74)67(80-81(75,76)77)65(73)63(59-70)79-68)62(71)57-55-53-51-49-47-45-43-41-39-37-35-33-28-26-24-22-20-18-16-14-12-10-8-6-4-2/h55,57,61-63,65-68,70-71,73-74H,3-54,56,58-60H2,1-2H3,(H,69,72)(H,75,76,77)/b57-55+. The van der Waals surface area contributed by atoms with E-state index in [1.165, 1.54) is 295 Å². The SMILES string of the molecule is CCCCCCCCCCCCCCCCCCCCCCCCC/C=C/C(O)C(COC1OC(CO)C(O)C(OS(=O)(=O)O)C1O)NC(=O)CCCCCCCCCCCCCCCCCCCCCCCCCCCCCCC. The molecule has 13 heteroatoms. The monoisotopic (exact) mass is 1170 g/mol. The van der Waals surface area contributed by atoms with Gasteiger partial charge in [-0.3, -0.25) is 9.35 Å². The van der Waals surface area contributed by atoms with Crippen LogP contribution >= 0.6 is 0 Å². The largest absolute Gasteiger partial charge is 0.397 e. The number of aliphatic hydroxyl groups is 4.